The van der Waals surface area contributed by atoms with E-state index in [2.05, 4.69) is 11.6 Å². The highest BCUT2D eigenvalue weighted by atomic mass is 35.5. The van der Waals surface area contributed by atoms with Crippen LogP contribution in [0.2, 0.25) is 5.02 Å². The molecule has 0 N–H and O–H groups in total. The summed E-state index contributed by atoms with van der Waals surface area (Å²) in [6.45, 7) is 4.90. The van der Waals surface area contributed by atoms with Gasteiger partial charge in [-0.25, -0.2) is 4.39 Å². The van der Waals surface area contributed by atoms with Gasteiger partial charge in [-0.3, -0.25) is 14.5 Å². The minimum atomic E-state index is -0.532. The van der Waals surface area contributed by atoms with E-state index in [1.54, 1.807) is 24.5 Å². The molecule has 0 unspecified atom stereocenters. The van der Waals surface area contributed by atoms with Crippen LogP contribution in [0.25, 0.3) is 22.2 Å². The number of pyridine rings is 1. The number of carbonyl (C=O) groups is 1. The molecule has 0 radical (unpaired) electrons. The zero-order valence-corrected chi connectivity index (χ0v) is 19.1. The number of fused-ring (bicyclic) bond motifs is 1. The smallest absolute Gasteiger partial charge is 0.246 e. The van der Waals surface area contributed by atoms with Crippen molar-refractivity contribution < 1.29 is 13.9 Å². The number of likely N-dealkylation sites (tertiary alicyclic amines) is 1. The SMILES string of the molecule is C=CC(=O)N1CCC[C@@H](n2nc3ccncc3c2-c2ccc(Oc3cccc(F)c3Cl)cc2)C1. The second-order valence-electron chi connectivity index (χ2n) is 8.15. The number of ether oxygens (including phenoxy) is 1. The Morgan fingerprint density at radius 2 is 2.03 bits per heavy atom. The lowest BCUT2D eigenvalue weighted by Crippen LogP contribution is -2.40. The molecular weight excluding hydrogens is 455 g/mol. The third-order valence-corrected chi connectivity index (χ3v) is 6.36. The molecule has 1 saturated heterocycles. The molecule has 4 aromatic rings. The summed E-state index contributed by atoms with van der Waals surface area (Å²) in [5.41, 5.74) is 2.70. The Hall–Kier alpha value is -3.71. The van der Waals surface area contributed by atoms with E-state index in [-0.39, 0.29) is 22.7 Å². The molecule has 8 heteroatoms. The molecule has 1 amide bonds. The molecule has 6 nitrogen and oxygen atoms in total. The average molecular weight is 477 g/mol. The van der Waals surface area contributed by atoms with Crippen molar-refractivity contribution >= 4 is 28.4 Å². The zero-order chi connectivity index (χ0) is 23.7. The van der Waals surface area contributed by atoms with E-state index in [1.807, 2.05) is 39.9 Å². The van der Waals surface area contributed by atoms with Crippen LogP contribution < -0.4 is 4.74 Å². The average Bonchev–Trinajstić information content (AvgIpc) is 3.26. The van der Waals surface area contributed by atoms with Crippen molar-refractivity contribution in [1.82, 2.24) is 19.7 Å². The maximum atomic E-state index is 13.7. The fourth-order valence-electron chi connectivity index (χ4n) is 4.35. The Labute approximate surface area is 201 Å². The van der Waals surface area contributed by atoms with Gasteiger partial charge in [0, 0.05) is 36.4 Å². The lowest BCUT2D eigenvalue weighted by Gasteiger charge is -2.33. The van der Waals surface area contributed by atoms with Crippen LogP contribution in [0.5, 0.6) is 11.5 Å². The first-order chi connectivity index (χ1) is 16.5. The number of hydrogen-bond acceptors (Lipinski definition) is 4. The molecule has 34 heavy (non-hydrogen) atoms. The first-order valence-corrected chi connectivity index (χ1v) is 11.4. The maximum absolute atomic E-state index is 13.7. The molecular formula is C26H22ClFN4O2. The predicted molar refractivity (Wildman–Crippen MR) is 129 cm³/mol. The van der Waals surface area contributed by atoms with Gasteiger partial charge in [-0.05, 0) is 61.4 Å². The monoisotopic (exact) mass is 476 g/mol. The molecule has 1 aliphatic heterocycles. The Morgan fingerprint density at radius 1 is 1.21 bits per heavy atom. The van der Waals surface area contributed by atoms with Gasteiger partial charge in [0.05, 0.1) is 17.3 Å². The number of piperidine rings is 1. The van der Waals surface area contributed by atoms with E-state index < -0.39 is 5.82 Å². The van der Waals surface area contributed by atoms with Crippen molar-refractivity contribution in [2.24, 2.45) is 0 Å². The normalized spacial score (nSPS) is 15.9. The lowest BCUT2D eigenvalue weighted by molar-refractivity contribution is -0.127. The van der Waals surface area contributed by atoms with E-state index in [4.69, 9.17) is 21.4 Å². The van der Waals surface area contributed by atoms with Gasteiger partial charge in [-0.15, -0.1) is 0 Å². The highest BCUT2D eigenvalue weighted by Crippen LogP contribution is 2.36. The van der Waals surface area contributed by atoms with Crippen LogP contribution in [-0.2, 0) is 4.79 Å². The van der Waals surface area contributed by atoms with Crippen LogP contribution >= 0.6 is 11.6 Å². The molecule has 1 atom stereocenters. The zero-order valence-electron chi connectivity index (χ0n) is 18.3. The number of carbonyl (C=O) groups excluding carboxylic acids is 1. The predicted octanol–water partition coefficient (Wildman–Crippen LogP) is 6.03. The quantitative estimate of drug-likeness (QED) is 0.330. The van der Waals surface area contributed by atoms with Crippen LogP contribution in [0.15, 0.2) is 73.6 Å². The first kappa shape index (κ1) is 22.1. The van der Waals surface area contributed by atoms with E-state index in [1.165, 1.54) is 12.1 Å². The summed E-state index contributed by atoms with van der Waals surface area (Å²) in [6, 6.07) is 13.8. The largest absolute Gasteiger partial charge is 0.456 e. The Balaban J connectivity index is 1.50. The van der Waals surface area contributed by atoms with E-state index in [0.29, 0.717) is 18.8 Å². The van der Waals surface area contributed by atoms with Crippen LogP contribution in [0.1, 0.15) is 18.9 Å². The number of amides is 1. The van der Waals surface area contributed by atoms with Gasteiger partial charge in [0.2, 0.25) is 5.91 Å². The van der Waals surface area contributed by atoms with Gasteiger partial charge in [0.25, 0.3) is 0 Å². The highest BCUT2D eigenvalue weighted by Gasteiger charge is 2.27. The van der Waals surface area contributed by atoms with Crippen LogP contribution in [0.4, 0.5) is 4.39 Å². The molecule has 0 aliphatic carbocycles. The molecule has 1 aliphatic rings. The second kappa shape index (κ2) is 9.27. The summed E-state index contributed by atoms with van der Waals surface area (Å²) in [6.07, 6.45) is 6.68. The first-order valence-electron chi connectivity index (χ1n) is 11.0. The Morgan fingerprint density at radius 3 is 2.82 bits per heavy atom. The van der Waals surface area contributed by atoms with Crippen molar-refractivity contribution in [3.8, 4) is 22.8 Å². The summed E-state index contributed by atoms with van der Waals surface area (Å²) >= 11 is 6.02. The van der Waals surface area contributed by atoms with E-state index in [0.717, 1.165) is 35.0 Å². The van der Waals surface area contributed by atoms with E-state index in [9.17, 15) is 9.18 Å². The van der Waals surface area contributed by atoms with Crippen LogP contribution in [-0.4, -0.2) is 38.7 Å². The molecule has 172 valence electrons. The van der Waals surface area contributed by atoms with Crippen molar-refractivity contribution in [3.05, 3.63) is 84.4 Å². The third kappa shape index (κ3) is 4.15. The Kier molecular flexibility index (Phi) is 6.02. The number of halogens is 2. The maximum Gasteiger partial charge on any atom is 0.246 e. The fraction of sp³-hybridized carbons (Fsp3) is 0.192. The number of nitrogens with zero attached hydrogens (tertiary/aromatic N) is 4. The van der Waals surface area contributed by atoms with Gasteiger partial charge in [-0.2, -0.15) is 5.10 Å². The molecule has 5 rings (SSSR count). The molecule has 1 fully saturated rings. The molecule has 0 bridgehead atoms. The number of aromatic nitrogens is 3. The van der Waals surface area contributed by atoms with Crippen molar-refractivity contribution in [1.29, 1.82) is 0 Å². The molecule has 3 heterocycles. The summed E-state index contributed by atoms with van der Waals surface area (Å²) in [4.78, 5) is 18.3. The van der Waals surface area contributed by atoms with Crippen molar-refractivity contribution in [2.45, 2.75) is 18.9 Å². The van der Waals surface area contributed by atoms with Gasteiger partial charge < -0.3 is 9.64 Å². The molecule has 0 spiro atoms. The number of benzene rings is 2. The summed E-state index contributed by atoms with van der Waals surface area (Å²) < 4.78 is 21.5. The number of hydrogen-bond donors (Lipinski definition) is 0. The number of rotatable bonds is 5. The molecule has 2 aromatic carbocycles. The highest BCUT2D eigenvalue weighted by molar-refractivity contribution is 6.32. The van der Waals surface area contributed by atoms with Crippen molar-refractivity contribution in [2.75, 3.05) is 13.1 Å². The minimum Gasteiger partial charge on any atom is -0.456 e. The summed E-state index contributed by atoms with van der Waals surface area (Å²) in [5, 5.41) is 5.74. The topological polar surface area (TPSA) is 60.2 Å². The van der Waals surface area contributed by atoms with Gasteiger partial charge in [-0.1, -0.05) is 24.2 Å². The van der Waals surface area contributed by atoms with Gasteiger partial charge in [0.15, 0.2) is 0 Å². The van der Waals surface area contributed by atoms with E-state index >= 15 is 0 Å². The fourth-order valence-corrected chi connectivity index (χ4v) is 4.52. The van der Waals surface area contributed by atoms with Crippen LogP contribution in [0.3, 0.4) is 0 Å². The summed E-state index contributed by atoms with van der Waals surface area (Å²) in [7, 11) is 0. The Bertz CT molecular complexity index is 1370. The minimum absolute atomic E-state index is 0.0297. The second-order valence-corrected chi connectivity index (χ2v) is 8.53. The van der Waals surface area contributed by atoms with Gasteiger partial charge in [0.1, 0.15) is 22.3 Å². The van der Waals surface area contributed by atoms with Gasteiger partial charge >= 0.3 is 0 Å². The third-order valence-electron chi connectivity index (χ3n) is 6.00. The molecule has 0 saturated carbocycles. The standard InChI is InChI=1S/C26H22ClFN4O2/c1-2-24(33)31-14-4-5-18(16-31)32-26(20-15-29-13-12-22(20)30-32)17-8-10-19(11-9-17)34-23-7-3-6-21(28)25(23)27/h2-3,6-13,15,18H,1,4-5,14,16H2/t18-/m1/s1. The lowest BCUT2D eigenvalue weighted by atomic mass is 10.0. The van der Waals surface area contributed by atoms with Crippen molar-refractivity contribution in [3.63, 3.8) is 0 Å². The summed E-state index contributed by atoms with van der Waals surface area (Å²) in [5.74, 6) is 0.186. The molecule has 2 aromatic heterocycles. The van der Waals surface area contributed by atoms with Crippen LogP contribution in [0, 0.1) is 5.82 Å².